The third-order valence-corrected chi connectivity index (χ3v) is 1.93. The molecule has 0 saturated heterocycles. The maximum Gasteiger partial charge on any atom is 0.421 e. The Balaban J connectivity index is 3.23. The topological polar surface area (TPSA) is 59.1 Å². The normalized spacial score (nSPS) is 16.4. The summed E-state index contributed by atoms with van der Waals surface area (Å²) in [6, 6.07) is 1.04. The summed E-state index contributed by atoms with van der Waals surface area (Å²) in [5, 5.41) is 9.27. The molecule has 0 radical (unpaired) electrons. The number of aliphatic hydroxyl groups is 1. The van der Waals surface area contributed by atoms with Crippen molar-refractivity contribution in [2.45, 2.75) is 18.7 Å². The quantitative estimate of drug-likeness (QED) is 0.730. The highest BCUT2D eigenvalue weighted by atomic mass is 19.4. The number of nitrogen functional groups attached to an aromatic ring is 1. The second-order valence-electron chi connectivity index (χ2n) is 3.03. The van der Waals surface area contributed by atoms with Gasteiger partial charge < -0.3 is 10.8 Å². The molecule has 14 heavy (non-hydrogen) atoms. The summed E-state index contributed by atoms with van der Waals surface area (Å²) in [6.45, 7) is 0.651. The summed E-state index contributed by atoms with van der Waals surface area (Å²) >= 11 is 0. The molecule has 1 aromatic heterocycles. The van der Waals surface area contributed by atoms with Crippen LogP contribution in [0.5, 0.6) is 0 Å². The lowest BCUT2D eigenvalue weighted by Crippen LogP contribution is -2.39. The van der Waals surface area contributed by atoms with Crippen molar-refractivity contribution in [3.8, 4) is 0 Å². The molecule has 0 bridgehead atoms. The molecule has 0 saturated carbocycles. The van der Waals surface area contributed by atoms with Gasteiger partial charge in [0, 0.05) is 11.8 Å². The molecule has 0 unspecified atom stereocenters. The lowest BCUT2D eigenvalue weighted by Gasteiger charge is -2.27. The first kappa shape index (κ1) is 10.8. The first-order valence-corrected chi connectivity index (χ1v) is 3.76. The molecule has 1 aromatic rings. The molecule has 1 rings (SSSR count). The van der Waals surface area contributed by atoms with Crippen molar-refractivity contribution in [3.05, 3.63) is 24.0 Å². The maximum absolute atomic E-state index is 12.4. The minimum atomic E-state index is -4.76. The van der Waals surface area contributed by atoms with Gasteiger partial charge in [-0.25, -0.2) is 0 Å². The Labute approximate surface area is 78.4 Å². The van der Waals surface area contributed by atoms with Gasteiger partial charge in [0.15, 0.2) is 5.60 Å². The summed E-state index contributed by atoms with van der Waals surface area (Å²) in [6.07, 6.45) is -2.55. The van der Waals surface area contributed by atoms with Crippen LogP contribution in [0.25, 0.3) is 0 Å². The number of rotatable bonds is 1. The highest BCUT2D eigenvalue weighted by Gasteiger charge is 2.51. The summed E-state index contributed by atoms with van der Waals surface area (Å²) < 4.78 is 37.1. The van der Waals surface area contributed by atoms with Crippen molar-refractivity contribution in [3.63, 3.8) is 0 Å². The average Bonchev–Trinajstić information content (AvgIpc) is 2.02. The Kier molecular flexibility index (Phi) is 2.41. The fraction of sp³-hybridized carbons (Fsp3) is 0.375. The van der Waals surface area contributed by atoms with E-state index in [1.807, 2.05) is 0 Å². The van der Waals surface area contributed by atoms with Crippen LogP contribution < -0.4 is 5.73 Å². The van der Waals surface area contributed by atoms with Gasteiger partial charge in [0.25, 0.3) is 0 Å². The number of nitrogens with zero attached hydrogens (tertiary/aromatic N) is 1. The van der Waals surface area contributed by atoms with Crippen LogP contribution >= 0.6 is 0 Å². The number of aromatic nitrogens is 1. The minimum Gasteiger partial charge on any atom is -0.397 e. The standard InChI is InChI=1S/C8H9F3N2O/c1-7(14,8(9,10)11)5-2-3-13-4-6(5)12/h2-4,14H,12H2,1H3/t7-/m1/s1. The lowest BCUT2D eigenvalue weighted by molar-refractivity contribution is -0.258. The van der Waals surface area contributed by atoms with Crippen molar-refractivity contribution in [1.29, 1.82) is 0 Å². The second kappa shape index (κ2) is 3.13. The molecular weight excluding hydrogens is 197 g/mol. The van der Waals surface area contributed by atoms with E-state index in [1.54, 1.807) is 0 Å². The summed E-state index contributed by atoms with van der Waals surface area (Å²) in [7, 11) is 0. The Hall–Kier alpha value is -1.30. The van der Waals surface area contributed by atoms with Crippen molar-refractivity contribution in [2.24, 2.45) is 0 Å². The van der Waals surface area contributed by atoms with Crippen molar-refractivity contribution in [1.82, 2.24) is 4.98 Å². The Morgan fingerprint density at radius 3 is 2.43 bits per heavy atom. The molecule has 3 N–H and O–H groups in total. The molecule has 78 valence electrons. The third-order valence-electron chi connectivity index (χ3n) is 1.93. The number of anilines is 1. The molecule has 0 aliphatic heterocycles. The molecule has 1 heterocycles. The highest BCUT2D eigenvalue weighted by Crippen LogP contribution is 2.40. The van der Waals surface area contributed by atoms with Crippen molar-refractivity contribution in [2.75, 3.05) is 5.73 Å². The van der Waals surface area contributed by atoms with Gasteiger partial charge in [0.2, 0.25) is 0 Å². The Morgan fingerprint density at radius 2 is 2.00 bits per heavy atom. The van der Waals surface area contributed by atoms with Crippen molar-refractivity contribution < 1.29 is 18.3 Å². The number of hydrogen-bond donors (Lipinski definition) is 2. The van der Waals surface area contributed by atoms with Crippen LogP contribution in [0.1, 0.15) is 12.5 Å². The first-order chi connectivity index (χ1) is 6.27. The van der Waals surface area contributed by atoms with E-state index in [2.05, 4.69) is 4.98 Å². The smallest absolute Gasteiger partial charge is 0.397 e. The summed E-state index contributed by atoms with van der Waals surface area (Å²) in [4.78, 5) is 3.54. The zero-order chi connectivity index (χ0) is 11.0. The molecule has 0 aliphatic rings. The second-order valence-corrected chi connectivity index (χ2v) is 3.03. The van der Waals surface area contributed by atoms with Gasteiger partial charge >= 0.3 is 6.18 Å². The zero-order valence-electron chi connectivity index (χ0n) is 7.34. The number of pyridine rings is 1. The van der Waals surface area contributed by atoms with Crippen LogP contribution in [0.2, 0.25) is 0 Å². The summed E-state index contributed by atoms with van der Waals surface area (Å²) in [5.41, 5.74) is 1.76. The number of nitrogens with two attached hydrogens (primary N) is 1. The Morgan fingerprint density at radius 1 is 1.43 bits per heavy atom. The summed E-state index contributed by atoms with van der Waals surface area (Å²) in [5.74, 6) is 0. The van der Waals surface area contributed by atoms with Crippen LogP contribution in [0.15, 0.2) is 18.5 Å². The van der Waals surface area contributed by atoms with E-state index in [0.29, 0.717) is 6.92 Å². The monoisotopic (exact) mass is 206 g/mol. The predicted octanol–water partition coefficient (Wildman–Crippen LogP) is 1.43. The van der Waals surface area contributed by atoms with Crippen LogP contribution in [0.3, 0.4) is 0 Å². The molecule has 0 aliphatic carbocycles. The van der Waals surface area contributed by atoms with E-state index in [0.717, 1.165) is 18.5 Å². The Bertz CT molecular complexity index is 336. The third kappa shape index (κ3) is 1.65. The molecule has 0 fully saturated rings. The fourth-order valence-corrected chi connectivity index (χ4v) is 1.00. The van der Waals surface area contributed by atoms with Gasteiger partial charge in [-0.3, -0.25) is 4.98 Å². The minimum absolute atomic E-state index is 0.185. The van der Waals surface area contributed by atoms with Crippen LogP contribution in [0, 0.1) is 0 Å². The van der Waals surface area contributed by atoms with E-state index in [4.69, 9.17) is 5.73 Å². The fourth-order valence-electron chi connectivity index (χ4n) is 1.00. The molecule has 0 aromatic carbocycles. The molecule has 6 heteroatoms. The van der Waals surface area contributed by atoms with Crippen LogP contribution in [-0.4, -0.2) is 16.3 Å². The maximum atomic E-state index is 12.4. The van der Waals surface area contributed by atoms with Crippen molar-refractivity contribution >= 4 is 5.69 Å². The first-order valence-electron chi connectivity index (χ1n) is 3.76. The molecule has 0 spiro atoms. The van der Waals surface area contributed by atoms with E-state index in [1.165, 1.54) is 0 Å². The number of halogens is 3. The van der Waals surface area contributed by atoms with Gasteiger partial charge in [-0.15, -0.1) is 0 Å². The van der Waals surface area contributed by atoms with E-state index < -0.39 is 11.8 Å². The molecule has 1 atom stereocenters. The van der Waals surface area contributed by atoms with E-state index in [-0.39, 0.29) is 11.3 Å². The largest absolute Gasteiger partial charge is 0.421 e. The van der Waals surface area contributed by atoms with Gasteiger partial charge in [0.1, 0.15) is 0 Å². The van der Waals surface area contributed by atoms with Gasteiger partial charge in [0.05, 0.1) is 11.9 Å². The molecule has 3 nitrogen and oxygen atoms in total. The highest BCUT2D eigenvalue weighted by molar-refractivity contribution is 5.47. The average molecular weight is 206 g/mol. The molecular formula is C8H9F3N2O. The van der Waals surface area contributed by atoms with Gasteiger partial charge in [-0.2, -0.15) is 13.2 Å². The van der Waals surface area contributed by atoms with E-state index >= 15 is 0 Å². The lowest BCUT2D eigenvalue weighted by atomic mass is 9.95. The van der Waals surface area contributed by atoms with Gasteiger partial charge in [-0.1, -0.05) is 0 Å². The number of alkyl halides is 3. The zero-order valence-corrected chi connectivity index (χ0v) is 7.34. The van der Waals surface area contributed by atoms with Gasteiger partial charge in [-0.05, 0) is 13.0 Å². The molecule has 0 amide bonds. The number of hydrogen-bond acceptors (Lipinski definition) is 3. The predicted molar refractivity (Wildman–Crippen MR) is 44.3 cm³/mol. The SMILES string of the molecule is C[C@@](O)(c1ccncc1N)C(F)(F)F. The van der Waals surface area contributed by atoms with Crippen LogP contribution in [0.4, 0.5) is 18.9 Å². The van der Waals surface area contributed by atoms with Crippen LogP contribution in [-0.2, 0) is 5.60 Å². The van der Waals surface area contributed by atoms with E-state index in [9.17, 15) is 18.3 Å².